The van der Waals surface area contributed by atoms with Gasteiger partial charge in [0.2, 0.25) is 0 Å². The molecule has 11 heteroatoms. The van der Waals surface area contributed by atoms with Crippen molar-refractivity contribution in [2.45, 2.75) is 130 Å². The number of aliphatic hydroxyl groups excluding tert-OH is 1. The van der Waals surface area contributed by atoms with Gasteiger partial charge in [-0.05, 0) is 93.0 Å². The highest BCUT2D eigenvalue weighted by Gasteiger charge is 2.69. The number of H-pyrrole nitrogens is 1. The summed E-state index contributed by atoms with van der Waals surface area (Å²) in [6, 6.07) is 8.75. The molecule has 2 aromatic rings. The first-order chi connectivity index (χ1) is 23.1. The molecule has 7 atom stereocenters. The normalized spacial score (nSPS) is 32.4. The first-order valence-electron chi connectivity index (χ1n) is 18.2. The fourth-order valence-electron chi connectivity index (χ4n) is 8.68. The zero-order chi connectivity index (χ0) is 36.8. The second kappa shape index (κ2) is 16.6. The number of hydrogen-bond acceptors (Lipinski definition) is 8. The third kappa shape index (κ3) is 7.68. The van der Waals surface area contributed by atoms with E-state index in [4.69, 9.17) is 25.2 Å². The Morgan fingerprint density at radius 3 is 2.33 bits per heavy atom. The highest BCUT2D eigenvalue weighted by Crippen LogP contribution is 2.70. The number of aliphatic hydroxyl groups is 1. The molecule has 3 fully saturated rings. The average Bonchev–Trinajstić information content (AvgIpc) is 3.66. The number of rotatable bonds is 5. The van der Waals surface area contributed by atoms with E-state index in [2.05, 4.69) is 66.0 Å². The molecular formula is C38H63N2O8P. The maximum atomic E-state index is 13.0. The van der Waals surface area contributed by atoms with Crippen LogP contribution < -0.4 is 5.73 Å². The molecule has 5 N–H and O–H groups in total. The zero-order valence-corrected chi connectivity index (χ0v) is 32.5. The van der Waals surface area contributed by atoms with Gasteiger partial charge >= 0.3 is 7.82 Å². The van der Waals surface area contributed by atoms with Crippen LogP contribution in [0.2, 0.25) is 0 Å². The van der Waals surface area contributed by atoms with Crippen molar-refractivity contribution in [2.24, 2.45) is 23.0 Å². The Hall–Kier alpha value is -1.88. The van der Waals surface area contributed by atoms with Crippen molar-refractivity contribution < 1.29 is 37.9 Å². The number of phosphoric ester groups is 1. The summed E-state index contributed by atoms with van der Waals surface area (Å²) in [5.74, 6) is 0.335. The Bertz CT molecular complexity index is 1490. The van der Waals surface area contributed by atoms with E-state index in [9.17, 15) is 9.36 Å². The van der Waals surface area contributed by atoms with Gasteiger partial charge in [0.1, 0.15) is 5.60 Å². The van der Waals surface area contributed by atoms with E-state index < -0.39 is 25.3 Å². The van der Waals surface area contributed by atoms with E-state index in [1.165, 1.54) is 35.0 Å². The lowest BCUT2D eigenvalue weighted by Gasteiger charge is -2.61. The second-order valence-corrected chi connectivity index (χ2v) is 15.9. The summed E-state index contributed by atoms with van der Waals surface area (Å²) < 4.78 is 31.9. The topological polar surface area (TPSA) is 153 Å². The minimum atomic E-state index is -3.81. The van der Waals surface area contributed by atoms with E-state index >= 15 is 0 Å². The number of hydrogen-bond donors (Lipinski definition) is 4. The minimum absolute atomic E-state index is 0.0259. The first-order valence-corrected chi connectivity index (χ1v) is 19.7. The Morgan fingerprint density at radius 2 is 1.71 bits per heavy atom. The van der Waals surface area contributed by atoms with Gasteiger partial charge in [-0.15, -0.1) is 0 Å². The standard InChI is InChI=1S/C27H31NO3.C4H11O5P.C3H8.C2H7N.C2H6/c1-24(2)23-21(29)14-19-18-10-9-15-13-17-16-7-5-6-8-20(16)28-22(17)26(15,4)25(18,3)11-12-27(19,30-23)31-24;1-8-10(6,7)9-4-2-3-5;1-3-2;1-2-3;1-2/h5-8,14-15,18,23,28H,9-13H2,1-4H3;5H,2-4H2,1H3,(H,6,7);3H2,1-2H3;2-3H2,1H3;1-2H3. The van der Waals surface area contributed by atoms with Crippen molar-refractivity contribution in [1.82, 2.24) is 4.98 Å². The molecule has 1 saturated heterocycles. The van der Waals surface area contributed by atoms with Crippen molar-refractivity contribution in [3.05, 3.63) is 47.2 Å². The summed E-state index contributed by atoms with van der Waals surface area (Å²) in [6.45, 7) is 19.8. The molecule has 5 aliphatic rings. The van der Waals surface area contributed by atoms with Gasteiger partial charge in [-0.25, -0.2) is 4.57 Å². The molecule has 0 amide bonds. The minimum Gasteiger partial charge on any atom is -0.396 e. The highest BCUT2D eigenvalue weighted by molar-refractivity contribution is 7.47. The van der Waals surface area contributed by atoms with Crippen molar-refractivity contribution >= 4 is 24.5 Å². The number of carbonyl (C=O) groups is 1. The quantitative estimate of drug-likeness (QED) is 0.181. The predicted octanol–water partition coefficient (Wildman–Crippen LogP) is 7.75. The molecule has 1 spiro atoms. The molecule has 7 unspecified atom stereocenters. The van der Waals surface area contributed by atoms with Gasteiger partial charge in [0.25, 0.3) is 0 Å². The van der Waals surface area contributed by atoms with Crippen LogP contribution in [-0.2, 0) is 39.7 Å². The number of para-hydroxylation sites is 1. The van der Waals surface area contributed by atoms with Crippen molar-refractivity contribution in [1.29, 1.82) is 0 Å². The average molecular weight is 707 g/mol. The summed E-state index contributed by atoms with van der Waals surface area (Å²) in [5, 5.41) is 9.63. The fourth-order valence-corrected chi connectivity index (χ4v) is 9.14. The maximum absolute atomic E-state index is 13.0. The van der Waals surface area contributed by atoms with Crippen molar-refractivity contribution in [2.75, 3.05) is 26.9 Å². The van der Waals surface area contributed by atoms with Gasteiger partial charge in [-0.2, -0.15) is 0 Å². The van der Waals surface area contributed by atoms with Crippen LogP contribution in [0, 0.1) is 17.3 Å². The van der Waals surface area contributed by atoms with Crippen LogP contribution in [0.15, 0.2) is 35.9 Å². The number of phosphoric acid groups is 1. The Labute approximate surface area is 294 Å². The van der Waals surface area contributed by atoms with Gasteiger partial charge < -0.3 is 30.2 Å². The number of benzene rings is 1. The van der Waals surface area contributed by atoms with E-state index in [-0.39, 0.29) is 29.8 Å². The molecule has 278 valence electrons. The van der Waals surface area contributed by atoms with Crippen molar-refractivity contribution in [3.8, 4) is 0 Å². The second-order valence-electron chi connectivity index (χ2n) is 14.3. The molecule has 1 aromatic carbocycles. The summed E-state index contributed by atoms with van der Waals surface area (Å²) in [7, 11) is -2.73. The monoisotopic (exact) mass is 706 g/mol. The number of carbonyl (C=O) groups excluding carboxylic acids is 1. The zero-order valence-electron chi connectivity index (χ0n) is 31.6. The lowest BCUT2D eigenvalue weighted by atomic mass is 9.44. The third-order valence-corrected chi connectivity index (χ3v) is 11.8. The fraction of sp³-hybridized carbons (Fsp3) is 0.711. The van der Waals surface area contributed by atoms with Crippen LogP contribution in [0.5, 0.6) is 0 Å². The number of nitrogens with one attached hydrogen (secondary N) is 1. The molecule has 1 aromatic heterocycles. The number of fused-ring (bicyclic) bond motifs is 9. The van der Waals surface area contributed by atoms with Gasteiger partial charge in [0.15, 0.2) is 17.7 Å². The van der Waals surface area contributed by atoms with E-state index in [0.717, 1.165) is 44.9 Å². The predicted molar refractivity (Wildman–Crippen MR) is 195 cm³/mol. The van der Waals surface area contributed by atoms with Crippen LogP contribution in [-0.4, -0.2) is 65.1 Å². The smallest absolute Gasteiger partial charge is 0.396 e. The maximum Gasteiger partial charge on any atom is 0.471 e. The number of aromatic nitrogens is 1. The number of nitrogens with two attached hydrogens (primary N) is 1. The van der Waals surface area contributed by atoms with Crippen LogP contribution in [0.4, 0.5) is 0 Å². The highest BCUT2D eigenvalue weighted by atomic mass is 31.2. The van der Waals surface area contributed by atoms with Gasteiger partial charge in [-0.1, -0.05) is 73.1 Å². The summed E-state index contributed by atoms with van der Waals surface area (Å²) in [6.07, 6.45) is 8.36. The van der Waals surface area contributed by atoms with Gasteiger partial charge in [0, 0.05) is 42.1 Å². The molecular weight excluding hydrogens is 643 g/mol. The Kier molecular flexibility index (Phi) is 14.1. The summed E-state index contributed by atoms with van der Waals surface area (Å²) >= 11 is 0. The molecule has 49 heavy (non-hydrogen) atoms. The first kappa shape index (κ1) is 41.5. The van der Waals surface area contributed by atoms with Crippen LogP contribution in [0.25, 0.3) is 10.9 Å². The van der Waals surface area contributed by atoms with Crippen LogP contribution in [0.1, 0.15) is 112 Å². The molecule has 2 saturated carbocycles. The van der Waals surface area contributed by atoms with Gasteiger partial charge in [0.05, 0.1) is 6.61 Å². The molecule has 3 heterocycles. The number of ketones is 1. The summed E-state index contributed by atoms with van der Waals surface area (Å²) in [4.78, 5) is 25.5. The number of ether oxygens (including phenoxy) is 2. The largest absolute Gasteiger partial charge is 0.471 e. The number of aromatic amines is 1. The van der Waals surface area contributed by atoms with E-state index in [1.807, 2.05) is 40.7 Å². The SMILES string of the molecule is CC.CC1(C)OC23CCC4(C)C(CCC5Cc6c([nH]c7ccccc67)C54C)C2=CC(=O)C1O3.CCC.CCN.COP(=O)(O)OCCCO. The van der Waals surface area contributed by atoms with E-state index in [1.54, 1.807) is 0 Å². The summed E-state index contributed by atoms with van der Waals surface area (Å²) in [5.41, 5.74) is 9.74. The Balaban J connectivity index is 0.000000305. The van der Waals surface area contributed by atoms with Crippen LogP contribution >= 0.6 is 7.82 Å². The lowest BCUT2D eigenvalue weighted by molar-refractivity contribution is -0.205. The molecule has 7 rings (SSSR count). The third-order valence-electron chi connectivity index (χ3n) is 10.9. The lowest BCUT2D eigenvalue weighted by Crippen LogP contribution is -2.60. The molecule has 10 nitrogen and oxygen atoms in total. The van der Waals surface area contributed by atoms with Crippen LogP contribution in [0.3, 0.4) is 0 Å². The molecule has 0 radical (unpaired) electrons. The molecule has 2 aliphatic heterocycles. The van der Waals surface area contributed by atoms with Crippen molar-refractivity contribution in [3.63, 3.8) is 0 Å². The van der Waals surface area contributed by atoms with Gasteiger partial charge in [-0.3, -0.25) is 13.8 Å². The Morgan fingerprint density at radius 1 is 1.08 bits per heavy atom. The molecule has 2 bridgehead atoms. The molecule has 3 aliphatic carbocycles. The van der Waals surface area contributed by atoms with E-state index in [0.29, 0.717) is 18.3 Å².